The largest absolute Gasteiger partial charge is 0.481 e. The van der Waals surface area contributed by atoms with Crippen LogP contribution in [0.2, 0.25) is 0 Å². The fourth-order valence-electron chi connectivity index (χ4n) is 3.68. The van der Waals surface area contributed by atoms with Crippen LogP contribution in [0.5, 0.6) is 0 Å². The van der Waals surface area contributed by atoms with Crippen LogP contribution in [0.15, 0.2) is 53.1 Å². The molecule has 17 heteroatoms. The summed E-state index contributed by atoms with van der Waals surface area (Å²) < 4.78 is 3.81. The predicted octanol–water partition coefficient (Wildman–Crippen LogP) is -0.531. The number of anilines is 1. The highest BCUT2D eigenvalue weighted by molar-refractivity contribution is 8.00. The number of oxime groups is 1. The number of nitrogen functional groups attached to an aromatic ring is 1. The van der Waals surface area contributed by atoms with Gasteiger partial charge in [-0.3, -0.25) is 19.8 Å². The van der Waals surface area contributed by atoms with Crippen LogP contribution in [0.1, 0.15) is 19.7 Å². The third-order valence-corrected chi connectivity index (χ3v) is 7.26. The molecule has 1 saturated heterocycles. The summed E-state index contributed by atoms with van der Waals surface area (Å²) in [7, 11) is 0. The van der Waals surface area contributed by atoms with Gasteiger partial charge in [-0.15, -0.1) is 11.8 Å². The Labute approximate surface area is 225 Å². The number of aromatic nitrogens is 2. The van der Waals surface area contributed by atoms with Crippen LogP contribution in [0.25, 0.3) is 0 Å². The lowest BCUT2D eigenvalue weighted by Crippen LogP contribution is -2.61. The number of allylic oxidation sites excluding steroid dienone is 2. The molecule has 4 aliphatic rings. The number of nitrogens with two attached hydrogens (primary N) is 3. The number of amides is 2. The number of carboxylic acid groups (broad SMARTS) is 1. The molecule has 0 bridgehead atoms. The molecule has 2 amide bonds. The van der Waals surface area contributed by atoms with Crippen LogP contribution in [-0.4, -0.2) is 76.5 Å². The zero-order chi connectivity index (χ0) is 27.6. The Hall–Kier alpha value is -4.25. The summed E-state index contributed by atoms with van der Waals surface area (Å²) in [5, 5.41) is 14.4. The number of nitrogens with one attached hydrogen (secondary N) is 1. The van der Waals surface area contributed by atoms with Gasteiger partial charge in [0, 0.05) is 42.4 Å². The molecule has 0 saturated carbocycles. The molecular weight excluding hydrogens is 536 g/mol. The third-order valence-electron chi connectivity index (χ3n) is 5.34. The number of hydrogen-bond acceptors (Lipinski definition) is 14. The van der Waals surface area contributed by atoms with E-state index in [0.29, 0.717) is 18.1 Å². The second-order valence-electron chi connectivity index (χ2n) is 8.50. The third kappa shape index (κ3) is 5.52. The van der Waals surface area contributed by atoms with E-state index in [2.05, 4.69) is 19.9 Å². The van der Waals surface area contributed by atoms with Crippen molar-refractivity contribution in [2.75, 3.05) is 18.0 Å². The minimum absolute atomic E-state index is 0.0886. The van der Waals surface area contributed by atoms with Gasteiger partial charge in [0.25, 0.3) is 5.91 Å². The van der Waals surface area contributed by atoms with E-state index in [1.165, 1.54) is 16.7 Å². The quantitative estimate of drug-likeness (QED) is 0.122. The van der Waals surface area contributed by atoms with Crippen molar-refractivity contribution in [2.24, 2.45) is 22.5 Å². The average molecular weight is 563 g/mol. The van der Waals surface area contributed by atoms with Gasteiger partial charge in [-0.05, 0) is 31.6 Å². The summed E-state index contributed by atoms with van der Waals surface area (Å²) in [6.07, 6.45) is 9.08. The number of hydrazine groups is 1. The maximum absolute atomic E-state index is 11.9. The van der Waals surface area contributed by atoms with E-state index >= 15 is 0 Å². The fraction of sp³-hybridized carbons (Fsp3) is 0.333. The molecule has 202 valence electrons. The number of carbonyl (C=O) groups is 3. The van der Waals surface area contributed by atoms with Crippen molar-refractivity contribution in [2.45, 2.75) is 25.3 Å². The summed E-state index contributed by atoms with van der Waals surface area (Å²) in [6.45, 7) is 4.13. The number of carbonyl (C=O) groups excluding carboxylic acids is 2. The van der Waals surface area contributed by atoms with Gasteiger partial charge in [-0.2, -0.15) is 9.36 Å². The topological polar surface area (TPSA) is 219 Å². The number of β-lactam (4-membered cyclic amide) rings is 1. The molecule has 2 atom stereocenters. The first-order valence-corrected chi connectivity index (χ1v) is 13.1. The number of thioether (sulfide) groups is 1. The fourth-order valence-corrected chi connectivity index (χ4v) is 5.41. The molecule has 1 aromatic rings. The Morgan fingerprint density at radius 1 is 1.34 bits per heavy atom. The number of carboxylic acids is 1. The highest BCUT2D eigenvalue weighted by Gasteiger charge is 2.53. The molecule has 5 heterocycles. The van der Waals surface area contributed by atoms with Crippen LogP contribution in [-0.2, 0) is 19.2 Å². The zero-order valence-electron chi connectivity index (χ0n) is 20.3. The van der Waals surface area contributed by atoms with Gasteiger partial charge in [0.05, 0.1) is 0 Å². The van der Waals surface area contributed by atoms with Gasteiger partial charge >= 0.3 is 5.97 Å². The van der Waals surface area contributed by atoms with Gasteiger partial charge < -0.3 is 36.9 Å². The van der Waals surface area contributed by atoms with Crippen molar-refractivity contribution >= 4 is 51.9 Å². The van der Waals surface area contributed by atoms with Gasteiger partial charge in [-0.25, -0.2) is 5.01 Å². The minimum Gasteiger partial charge on any atom is -0.481 e. The molecule has 38 heavy (non-hydrogen) atoms. The van der Waals surface area contributed by atoms with Crippen molar-refractivity contribution < 1.29 is 24.3 Å². The van der Waals surface area contributed by atoms with Crippen molar-refractivity contribution in [1.29, 1.82) is 0 Å². The van der Waals surface area contributed by atoms with Crippen molar-refractivity contribution in [3.05, 3.63) is 53.8 Å². The minimum atomic E-state index is -1.04. The van der Waals surface area contributed by atoms with Crippen LogP contribution in [0, 0.1) is 5.92 Å². The molecule has 1 fully saturated rings. The van der Waals surface area contributed by atoms with E-state index in [4.69, 9.17) is 27.1 Å². The monoisotopic (exact) mass is 562 g/mol. The van der Waals surface area contributed by atoms with Crippen LogP contribution in [0.3, 0.4) is 0 Å². The average Bonchev–Trinajstić information content (AvgIpc) is 3.42. The van der Waals surface area contributed by atoms with Gasteiger partial charge in [0.2, 0.25) is 17.4 Å². The first-order valence-electron chi connectivity index (χ1n) is 11.2. The molecule has 5 rings (SSSR count). The normalized spacial score (nSPS) is 21.8. The SMILES string of the molecule is CC(C)O/N=C(\C(N)=O)c1nsc(N)n1.NC1=CN(CC2=CN3C(=O)[C@@H](C(=O)O)[C@@H]3SC2)C2=CC=CNN12. The number of nitrogens with zero attached hydrogens (tertiary/aromatic N) is 6. The van der Waals surface area contributed by atoms with Gasteiger partial charge in [-0.1, -0.05) is 5.16 Å². The first-order chi connectivity index (χ1) is 18.1. The van der Waals surface area contributed by atoms with Crippen molar-refractivity contribution in [3.8, 4) is 0 Å². The number of hydrogen-bond donors (Lipinski definition) is 5. The summed E-state index contributed by atoms with van der Waals surface area (Å²) in [5.41, 5.74) is 20.4. The molecule has 0 aromatic carbocycles. The van der Waals surface area contributed by atoms with Crippen LogP contribution in [0.4, 0.5) is 5.13 Å². The van der Waals surface area contributed by atoms with Crippen LogP contribution >= 0.6 is 23.3 Å². The van der Waals surface area contributed by atoms with Crippen molar-refractivity contribution in [3.63, 3.8) is 0 Å². The lowest BCUT2D eigenvalue weighted by molar-refractivity contribution is -0.161. The lowest BCUT2D eigenvalue weighted by atomic mass is 9.98. The Balaban J connectivity index is 0.000000196. The highest BCUT2D eigenvalue weighted by atomic mass is 32.2. The number of aliphatic carboxylic acids is 1. The van der Waals surface area contributed by atoms with Crippen molar-refractivity contribution in [1.82, 2.24) is 29.6 Å². The molecule has 0 aliphatic carbocycles. The molecule has 4 aliphatic heterocycles. The summed E-state index contributed by atoms with van der Waals surface area (Å²) in [6, 6.07) is 0. The van der Waals surface area contributed by atoms with E-state index in [-0.39, 0.29) is 34.1 Å². The zero-order valence-corrected chi connectivity index (χ0v) is 22.0. The maximum atomic E-state index is 11.9. The summed E-state index contributed by atoms with van der Waals surface area (Å²) in [5.74, 6) is -0.766. The second kappa shape index (κ2) is 11.0. The lowest BCUT2D eigenvalue weighted by Gasteiger charge is -2.45. The van der Waals surface area contributed by atoms with E-state index in [9.17, 15) is 14.4 Å². The standard InChI is InChI=1S/C14H15N5O3S.C7H11N5O2S/c15-9-6-17(10-2-1-3-16-19(9)10)4-8-5-18-12(20)11(14(21)22)13(18)23-7-8;1-3(2)14-11-4(5(8)13)6-10-7(9)15-12-6/h1-3,5-6,11,13,16H,4,7,15H2,(H,21,22);3H,1-2H3,(H2,8,13)(H2,9,10,12)/b;11-4+/t11-,13+;/m1./s1. The smallest absolute Gasteiger partial charge is 0.319 e. The molecular formula is C21H26N10O5S2. The van der Waals surface area contributed by atoms with E-state index in [1.54, 1.807) is 31.3 Å². The van der Waals surface area contributed by atoms with Gasteiger partial charge in [0.1, 0.15) is 23.1 Å². The second-order valence-corrected chi connectivity index (χ2v) is 10.4. The van der Waals surface area contributed by atoms with E-state index in [1.807, 2.05) is 23.3 Å². The number of rotatable bonds is 7. The molecule has 1 aromatic heterocycles. The number of fused-ring (bicyclic) bond motifs is 2. The Bertz CT molecular complexity index is 1290. The Kier molecular flexibility index (Phi) is 7.77. The maximum Gasteiger partial charge on any atom is 0.319 e. The van der Waals surface area contributed by atoms with E-state index in [0.717, 1.165) is 22.9 Å². The molecule has 0 spiro atoms. The first kappa shape index (κ1) is 26.8. The Morgan fingerprint density at radius 2 is 2.11 bits per heavy atom. The summed E-state index contributed by atoms with van der Waals surface area (Å²) >= 11 is 2.45. The molecule has 15 nitrogen and oxygen atoms in total. The summed E-state index contributed by atoms with van der Waals surface area (Å²) in [4.78, 5) is 46.2. The number of primary amides is 1. The predicted molar refractivity (Wildman–Crippen MR) is 140 cm³/mol. The Morgan fingerprint density at radius 3 is 2.74 bits per heavy atom. The highest BCUT2D eigenvalue weighted by Crippen LogP contribution is 2.40. The molecule has 0 radical (unpaired) electrons. The van der Waals surface area contributed by atoms with Crippen LogP contribution < -0.4 is 22.6 Å². The van der Waals surface area contributed by atoms with Gasteiger partial charge in [0.15, 0.2) is 11.0 Å². The van der Waals surface area contributed by atoms with E-state index < -0.39 is 17.8 Å². The molecule has 8 N–H and O–H groups in total. The molecule has 0 unspecified atom stereocenters.